The third-order valence-electron chi connectivity index (χ3n) is 3.69. The molecule has 20 heavy (non-hydrogen) atoms. The number of methoxy groups -OCH3 is 2. The molecule has 1 saturated heterocycles. The van der Waals surface area contributed by atoms with Crippen molar-refractivity contribution in [3.63, 3.8) is 0 Å². The molecular formula is C15H32N2O3. The summed E-state index contributed by atoms with van der Waals surface area (Å²) in [6.45, 7) is 7.84. The molecule has 0 bridgehead atoms. The molecule has 1 N–H and O–H groups in total. The molecule has 0 aromatic carbocycles. The van der Waals surface area contributed by atoms with Gasteiger partial charge < -0.3 is 24.4 Å². The zero-order valence-electron chi connectivity index (χ0n) is 13.2. The van der Waals surface area contributed by atoms with Gasteiger partial charge in [-0.25, -0.2) is 0 Å². The highest BCUT2D eigenvalue weighted by Crippen LogP contribution is 2.07. The fraction of sp³-hybridized carbons (Fsp3) is 1.00. The molecule has 5 heteroatoms. The molecule has 1 fully saturated rings. The molecule has 0 aliphatic carbocycles. The normalized spacial score (nSPS) is 16.9. The first-order valence-electron chi connectivity index (χ1n) is 7.89. The topological polar surface area (TPSA) is 43.0 Å². The third-order valence-corrected chi connectivity index (χ3v) is 3.69. The fourth-order valence-electron chi connectivity index (χ4n) is 2.49. The van der Waals surface area contributed by atoms with Crippen molar-refractivity contribution < 1.29 is 14.2 Å². The van der Waals surface area contributed by atoms with Crippen LogP contribution in [0.2, 0.25) is 0 Å². The van der Waals surface area contributed by atoms with Gasteiger partial charge in [0, 0.05) is 47.1 Å². The lowest BCUT2D eigenvalue weighted by Gasteiger charge is -2.25. The molecule has 0 aromatic rings. The average molecular weight is 288 g/mol. The lowest BCUT2D eigenvalue weighted by atomic mass is 10.1. The van der Waals surface area contributed by atoms with Crippen LogP contribution in [-0.2, 0) is 14.2 Å². The molecule has 0 radical (unpaired) electrons. The quantitative estimate of drug-likeness (QED) is 0.545. The van der Waals surface area contributed by atoms with Gasteiger partial charge >= 0.3 is 0 Å². The van der Waals surface area contributed by atoms with E-state index >= 15 is 0 Å². The van der Waals surface area contributed by atoms with E-state index in [0.29, 0.717) is 6.10 Å². The van der Waals surface area contributed by atoms with E-state index in [4.69, 9.17) is 14.2 Å². The fourth-order valence-corrected chi connectivity index (χ4v) is 2.49. The van der Waals surface area contributed by atoms with Crippen molar-refractivity contribution >= 4 is 0 Å². The maximum Gasteiger partial charge on any atom is 0.0599 e. The molecule has 0 spiro atoms. The summed E-state index contributed by atoms with van der Waals surface area (Å²) in [4.78, 5) is 2.44. The lowest BCUT2D eigenvalue weighted by molar-refractivity contribution is 0.0263. The number of piperidine rings is 1. The maximum atomic E-state index is 5.94. The van der Waals surface area contributed by atoms with Crippen molar-refractivity contribution in [3.05, 3.63) is 0 Å². The minimum absolute atomic E-state index is 0.470. The molecule has 1 rings (SSSR count). The Hall–Kier alpha value is -0.200. The van der Waals surface area contributed by atoms with Gasteiger partial charge in [0.2, 0.25) is 0 Å². The van der Waals surface area contributed by atoms with Crippen LogP contribution in [0.15, 0.2) is 0 Å². The second-order valence-corrected chi connectivity index (χ2v) is 5.35. The number of nitrogens with zero attached hydrogens (tertiary/aromatic N) is 1. The van der Waals surface area contributed by atoms with Gasteiger partial charge in [-0.3, -0.25) is 0 Å². The van der Waals surface area contributed by atoms with Crippen LogP contribution in [0, 0.1) is 0 Å². The Bertz CT molecular complexity index is 211. The lowest BCUT2D eigenvalue weighted by Crippen LogP contribution is -2.34. The van der Waals surface area contributed by atoms with Gasteiger partial charge in [-0.05, 0) is 38.8 Å². The molecule has 1 aliphatic heterocycles. The van der Waals surface area contributed by atoms with Crippen molar-refractivity contribution in [3.8, 4) is 0 Å². The van der Waals surface area contributed by atoms with Gasteiger partial charge in [-0.1, -0.05) is 0 Å². The summed E-state index contributed by atoms with van der Waals surface area (Å²) in [5.41, 5.74) is 0. The van der Waals surface area contributed by atoms with Crippen LogP contribution in [0.4, 0.5) is 0 Å². The molecule has 0 aromatic heterocycles. The van der Waals surface area contributed by atoms with E-state index in [1.54, 1.807) is 14.2 Å². The summed E-state index contributed by atoms with van der Waals surface area (Å²) in [5, 5.41) is 3.36. The van der Waals surface area contributed by atoms with Crippen molar-refractivity contribution in [2.75, 3.05) is 66.8 Å². The summed E-state index contributed by atoms with van der Waals surface area (Å²) in [7, 11) is 3.51. The monoisotopic (exact) mass is 288 g/mol. The van der Waals surface area contributed by atoms with Gasteiger partial charge in [-0.2, -0.15) is 0 Å². The van der Waals surface area contributed by atoms with E-state index in [1.807, 2.05) is 0 Å². The third kappa shape index (κ3) is 8.87. The second-order valence-electron chi connectivity index (χ2n) is 5.35. The second kappa shape index (κ2) is 12.5. The molecule has 5 nitrogen and oxygen atoms in total. The van der Waals surface area contributed by atoms with Crippen molar-refractivity contribution in [1.82, 2.24) is 10.2 Å². The minimum Gasteiger partial charge on any atom is -0.385 e. The number of hydrogen-bond acceptors (Lipinski definition) is 5. The van der Waals surface area contributed by atoms with Gasteiger partial charge in [0.05, 0.1) is 12.7 Å². The summed E-state index contributed by atoms with van der Waals surface area (Å²) in [6.07, 6.45) is 4.95. The Morgan fingerprint density at radius 3 is 2.20 bits per heavy atom. The van der Waals surface area contributed by atoms with Crippen LogP contribution in [0.25, 0.3) is 0 Å². The minimum atomic E-state index is 0.470. The number of nitrogens with one attached hydrogen (secondary N) is 1. The molecule has 1 heterocycles. The Balaban J connectivity index is 2.06. The number of rotatable bonds is 12. The Morgan fingerprint density at radius 2 is 1.55 bits per heavy atom. The first kappa shape index (κ1) is 17.9. The highest BCUT2D eigenvalue weighted by atomic mass is 16.5. The molecule has 120 valence electrons. The molecule has 0 unspecified atom stereocenters. The van der Waals surface area contributed by atoms with Crippen LogP contribution < -0.4 is 5.32 Å². The predicted molar refractivity (Wildman–Crippen MR) is 81.3 cm³/mol. The Kier molecular flexibility index (Phi) is 11.2. The molecule has 0 saturated carbocycles. The summed E-state index contributed by atoms with van der Waals surface area (Å²) >= 11 is 0. The van der Waals surface area contributed by atoms with Crippen LogP contribution in [0.5, 0.6) is 0 Å². The first-order valence-corrected chi connectivity index (χ1v) is 7.89. The highest BCUT2D eigenvalue weighted by Gasteiger charge is 2.13. The zero-order chi connectivity index (χ0) is 14.5. The van der Waals surface area contributed by atoms with Crippen molar-refractivity contribution in [2.24, 2.45) is 0 Å². The highest BCUT2D eigenvalue weighted by molar-refractivity contribution is 4.68. The van der Waals surface area contributed by atoms with E-state index in [0.717, 1.165) is 78.2 Å². The standard InChI is InChI=1S/C15H32N2O3/c1-18-12-3-9-17(11-14-19-2)10-4-13-20-15-5-7-16-8-6-15/h15-16H,3-14H2,1-2H3. The van der Waals surface area contributed by atoms with Crippen LogP contribution >= 0.6 is 0 Å². The molecular weight excluding hydrogens is 256 g/mol. The van der Waals surface area contributed by atoms with Crippen molar-refractivity contribution in [1.29, 1.82) is 0 Å². The number of hydrogen-bond donors (Lipinski definition) is 1. The number of ether oxygens (including phenoxy) is 3. The van der Waals surface area contributed by atoms with Crippen LogP contribution in [0.1, 0.15) is 25.7 Å². The van der Waals surface area contributed by atoms with E-state index in [1.165, 1.54) is 0 Å². The molecule has 1 aliphatic rings. The van der Waals surface area contributed by atoms with Gasteiger partial charge in [-0.15, -0.1) is 0 Å². The van der Waals surface area contributed by atoms with Gasteiger partial charge in [0.1, 0.15) is 0 Å². The van der Waals surface area contributed by atoms with Crippen LogP contribution in [0.3, 0.4) is 0 Å². The summed E-state index contributed by atoms with van der Waals surface area (Å²) < 4.78 is 16.2. The van der Waals surface area contributed by atoms with Crippen molar-refractivity contribution in [2.45, 2.75) is 31.8 Å². The van der Waals surface area contributed by atoms with Gasteiger partial charge in [0.15, 0.2) is 0 Å². The average Bonchev–Trinajstić information content (AvgIpc) is 2.49. The Labute approximate surface area is 123 Å². The zero-order valence-corrected chi connectivity index (χ0v) is 13.2. The summed E-state index contributed by atoms with van der Waals surface area (Å²) in [5.74, 6) is 0. The van der Waals surface area contributed by atoms with Crippen LogP contribution in [-0.4, -0.2) is 77.8 Å². The summed E-state index contributed by atoms with van der Waals surface area (Å²) in [6, 6.07) is 0. The van der Waals surface area contributed by atoms with Gasteiger partial charge in [0.25, 0.3) is 0 Å². The largest absolute Gasteiger partial charge is 0.385 e. The van der Waals surface area contributed by atoms with E-state index in [9.17, 15) is 0 Å². The first-order chi connectivity index (χ1) is 9.86. The molecule has 0 atom stereocenters. The Morgan fingerprint density at radius 1 is 0.900 bits per heavy atom. The predicted octanol–water partition coefficient (Wildman–Crippen LogP) is 1.13. The van der Waals surface area contributed by atoms with E-state index in [2.05, 4.69) is 10.2 Å². The maximum absolute atomic E-state index is 5.94. The van der Waals surface area contributed by atoms with E-state index < -0.39 is 0 Å². The SMILES string of the molecule is COCCCN(CCCOC1CCNCC1)CCOC. The molecule has 0 amide bonds. The smallest absolute Gasteiger partial charge is 0.0599 e. The van der Waals surface area contributed by atoms with E-state index in [-0.39, 0.29) is 0 Å².